The second-order valence-corrected chi connectivity index (χ2v) is 12.7. The molecule has 0 aromatic carbocycles. The number of carboxylic acid groups (broad SMARTS) is 1. The summed E-state index contributed by atoms with van der Waals surface area (Å²) in [6.45, 7) is 8.70. The first-order valence-electron chi connectivity index (χ1n) is 12.7. The Hall–Kier alpha value is -1.63. The van der Waals surface area contributed by atoms with Crippen molar-refractivity contribution in [3.63, 3.8) is 0 Å². The molecule has 1 N–H and O–H groups in total. The second-order valence-electron chi connectivity index (χ2n) is 8.67. The summed E-state index contributed by atoms with van der Waals surface area (Å²) in [4.78, 5) is 35.7. The van der Waals surface area contributed by atoms with Crippen LogP contribution in [0.2, 0.25) is 18.1 Å². The zero-order valence-electron chi connectivity index (χ0n) is 20.9. The maximum absolute atomic E-state index is 12.6. The van der Waals surface area contributed by atoms with Crippen molar-refractivity contribution in [2.45, 2.75) is 123 Å². The lowest BCUT2D eigenvalue weighted by molar-refractivity contribution is -0.140. The van der Waals surface area contributed by atoms with E-state index < -0.39 is 20.3 Å². The molecule has 0 aromatic heterocycles. The van der Waals surface area contributed by atoms with E-state index in [4.69, 9.17) is 14.3 Å². The summed E-state index contributed by atoms with van der Waals surface area (Å²) >= 11 is 0. The lowest BCUT2D eigenvalue weighted by Gasteiger charge is -2.31. The van der Waals surface area contributed by atoms with Crippen molar-refractivity contribution in [1.82, 2.24) is 0 Å². The van der Waals surface area contributed by atoms with Gasteiger partial charge in [0, 0.05) is 18.1 Å². The third-order valence-corrected chi connectivity index (χ3v) is 10.1. The number of hydrogen-bond acceptors (Lipinski definition) is 5. The fourth-order valence-corrected chi connectivity index (χ4v) is 8.33. The number of carboxylic acids is 1. The number of carbonyl (C=O) groups is 3. The zero-order chi connectivity index (χ0) is 24.2. The molecule has 0 aromatic rings. The summed E-state index contributed by atoms with van der Waals surface area (Å²) in [6.07, 6.45) is 11.1. The second kappa shape index (κ2) is 18.9. The van der Waals surface area contributed by atoms with Crippen LogP contribution in [0.1, 0.15) is 105 Å². The normalized spacial score (nSPS) is 11.9. The Kier molecular flexibility index (Phi) is 17.9. The van der Waals surface area contributed by atoms with Gasteiger partial charge in [0.2, 0.25) is 0 Å². The molecular formula is C25H46O6Si. The van der Waals surface area contributed by atoms with Crippen LogP contribution >= 0.6 is 0 Å². The highest BCUT2D eigenvalue weighted by Crippen LogP contribution is 2.30. The van der Waals surface area contributed by atoms with Crippen molar-refractivity contribution in [1.29, 1.82) is 0 Å². The smallest absolute Gasteiger partial charge is 0.334 e. The Morgan fingerprint density at radius 2 is 1.28 bits per heavy atom. The number of aliphatic carboxylic acids is 1. The maximum Gasteiger partial charge on any atom is 0.334 e. The van der Waals surface area contributed by atoms with E-state index in [1.54, 1.807) is 0 Å². The first-order chi connectivity index (χ1) is 15.3. The van der Waals surface area contributed by atoms with Crippen molar-refractivity contribution in [2.24, 2.45) is 0 Å². The van der Waals surface area contributed by atoms with Crippen molar-refractivity contribution in [2.75, 3.05) is 6.61 Å². The van der Waals surface area contributed by atoms with Crippen LogP contribution in [0.4, 0.5) is 0 Å². The zero-order valence-corrected chi connectivity index (χ0v) is 21.9. The summed E-state index contributed by atoms with van der Waals surface area (Å²) in [5.41, 5.74) is 0.192. The lowest BCUT2D eigenvalue weighted by Crippen LogP contribution is -2.40. The molecule has 0 bridgehead atoms. The summed E-state index contributed by atoms with van der Waals surface area (Å²) in [6, 6.07) is 3.18. The Morgan fingerprint density at radius 3 is 1.75 bits per heavy atom. The van der Waals surface area contributed by atoms with Gasteiger partial charge in [-0.3, -0.25) is 4.79 Å². The average Bonchev–Trinajstić information content (AvgIpc) is 2.76. The standard InChI is InChI=1S/C25H46O6Si/c1-5-9-15-22(21-23(26)27)25(29)30-17-14-13-16-24(28)31-32(18-10-6-2,19-11-7-3)20-12-8-4/h21H,5-20H2,1-4H3,(H,26,27)/b22-21+. The lowest BCUT2D eigenvalue weighted by atomic mass is 10.1. The van der Waals surface area contributed by atoms with Crippen molar-refractivity contribution < 1.29 is 28.7 Å². The molecule has 0 aliphatic carbocycles. The van der Waals surface area contributed by atoms with E-state index in [0.29, 0.717) is 25.7 Å². The molecule has 0 atom stereocenters. The van der Waals surface area contributed by atoms with Gasteiger partial charge in [0.1, 0.15) is 0 Å². The summed E-state index contributed by atoms with van der Waals surface area (Å²) in [7, 11) is -2.05. The van der Waals surface area contributed by atoms with E-state index in [-0.39, 0.29) is 18.1 Å². The van der Waals surface area contributed by atoms with Gasteiger partial charge >= 0.3 is 11.9 Å². The highest BCUT2D eigenvalue weighted by molar-refractivity contribution is 6.75. The van der Waals surface area contributed by atoms with Gasteiger partial charge in [0.05, 0.1) is 6.61 Å². The Morgan fingerprint density at radius 1 is 0.750 bits per heavy atom. The molecule has 0 spiro atoms. The number of ether oxygens (including phenoxy) is 1. The molecule has 32 heavy (non-hydrogen) atoms. The quantitative estimate of drug-likeness (QED) is 0.0911. The van der Waals surface area contributed by atoms with E-state index >= 15 is 0 Å². The van der Waals surface area contributed by atoms with Crippen molar-refractivity contribution in [3.05, 3.63) is 11.6 Å². The van der Waals surface area contributed by atoms with Gasteiger partial charge in [-0.05, 0) is 43.8 Å². The summed E-state index contributed by atoms with van der Waals surface area (Å²) in [5.74, 6) is -1.83. The molecular weight excluding hydrogens is 424 g/mol. The van der Waals surface area contributed by atoms with E-state index in [1.165, 1.54) is 0 Å². The van der Waals surface area contributed by atoms with Gasteiger partial charge in [0.25, 0.3) is 14.3 Å². The molecule has 0 radical (unpaired) electrons. The SMILES string of the molecule is CCCC/C(=C\C(=O)O)C(=O)OCCCCC(=O)O[Si](CCCC)(CCCC)CCCC. The predicted octanol–water partition coefficient (Wildman–Crippen LogP) is 6.79. The largest absolute Gasteiger partial charge is 0.519 e. The molecule has 0 unspecified atom stereocenters. The molecule has 186 valence electrons. The van der Waals surface area contributed by atoms with Crippen LogP contribution in [0, 0.1) is 0 Å². The number of esters is 1. The third-order valence-electron chi connectivity index (χ3n) is 5.66. The third kappa shape index (κ3) is 14.4. The minimum Gasteiger partial charge on any atom is -0.519 e. The van der Waals surface area contributed by atoms with Gasteiger partial charge < -0.3 is 14.3 Å². The molecule has 0 saturated carbocycles. The van der Waals surface area contributed by atoms with Crippen LogP contribution in [0.3, 0.4) is 0 Å². The highest BCUT2D eigenvalue weighted by atomic mass is 28.4. The fraction of sp³-hybridized carbons (Fsp3) is 0.800. The molecule has 0 fully saturated rings. The predicted molar refractivity (Wildman–Crippen MR) is 131 cm³/mol. The van der Waals surface area contributed by atoms with E-state index in [2.05, 4.69) is 20.8 Å². The van der Waals surface area contributed by atoms with E-state index in [0.717, 1.165) is 75.6 Å². The fourth-order valence-electron chi connectivity index (χ4n) is 3.70. The van der Waals surface area contributed by atoms with Crippen LogP contribution < -0.4 is 0 Å². The van der Waals surface area contributed by atoms with Crippen LogP contribution in [0.15, 0.2) is 11.6 Å². The maximum atomic E-state index is 12.6. The molecule has 0 aliphatic rings. The van der Waals surface area contributed by atoms with Crippen LogP contribution in [-0.4, -0.2) is 37.9 Å². The summed E-state index contributed by atoms with van der Waals surface area (Å²) < 4.78 is 11.4. The monoisotopic (exact) mass is 470 g/mol. The molecule has 0 aliphatic heterocycles. The Bertz CT molecular complexity index is 551. The number of rotatable bonds is 20. The van der Waals surface area contributed by atoms with Gasteiger partial charge in [-0.1, -0.05) is 72.6 Å². The van der Waals surface area contributed by atoms with Gasteiger partial charge in [-0.2, -0.15) is 0 Å². The summed E-state index contributed by atoms with van der Waals surface area (Å²) in [5, 5.41) is 8.93. The number of unbranched alkanes of at least 4 members (excludes halogenated alkanes) is 5. The van der Waals surface area contributed by atoms with Gasteiger partial charge in [0.15, 0.2) is 0 Å². The number of hydrogen-bond donors (Lipinski definition) is 1. The molecule has 0 heterocycles. The average molecular weight is 471 g/mol. The van der Waals surface area contributed by atoms with Gasteiger partial charge in [-0.25, -0.2) is 9.59 Å². The minimum atomic E-state index is -2.05. The van der Waals surface area contributed by atoms with Crippen LogP contribution in [-0.2, 0) is 23.5 Å². The van der Waals surface area contributed by atoms with Crippen LogP contribution in [0.25, 0.3) is 0 Å². The topological polar surface area (TPSA) is 89.9 Å². The minimum absolute atomic E-state index is 0.110. The molecule has 7 heteroatoms. The molecule has 0 rings (SSSR count). The van der Waals surface area contributed by atoms with Crippen LogP contribution in [0.5, 0.6) is 0 Å². The molecule has 0 amide bonds. The first kappa shape index (κ1) is 30.4. The Labute approximate surface area is 196 Å². The van der Waals surface area contributed by atoms with E-state index in [1.807, 2.05) is 6.92 Å². The van der Waals surface area contributed by atoms with Gasteiger partial charge in [-0.15, -0.1) is 0 Å². The molecule has 6 nitrogen and oxygen atoms in total. The van der Waals surface area contributed by atoms with Crippen molar-refractivity contribution >= 4 is 26.2 Å². The van der Waals surface area contributed by atoms with E-state index in [9.17, 15) is 14.4 Å². The molecule has 0 saturated heterocycles. The highest BCUT2D eigenvalue weighted by Gasteiger charge is 2.36. The Balaban J connectivity index is 4.61. The first-order valence-corrected chi connectivity index (χ1v) is 15.2. The number of carbonyl (C=O) groups excluding carboxylic acids is 2. The van der Waals surface area contributed by atoms with Crippen molar-refractivity contribution in [3.8, 4) is 0 Å².